The lowest BCUT2D eigenvalue weighted by atomic mass is 10.3. The molecule has 2 heterocycles. The highest BCUT2D eigenvalue weighted by Gasteiger charge is 2.24. The molecule has 0 unspecified atom stereocenters. The van der Waals surface area contributed by atoms with Gasteiger partial charge >= 0.3 is 0 Å². The number of hydrogen-bond acceptors (Lipinski definition) is 4. The average molecular weight is 296 g/mol. The zero-order valence-electron chi connectivity index (χ0n) is 11.1. The van der Waals surface area contributed by atoms with E-state index in [1.54, 1.807) is 31.6 Å². The van der Waals surface area contributed by atoms with Gasteiger partial charge in [-0.25, -0.2) is 8.42 Å². The lowest BCUT2D eigenvalue weighted by Gasteiger charge is -2.16. The van der Waals surface area contributed by atoms with Crippen molar-refractivity contribution in [1.82, 2.24) is 9.29 Å². The van der Waals surface area contributed by atoms with Gasteiger partial charge in [0.15, 0.2) is 0 Å². The summed E-state index contributed by atoms with van der Waals surface area (Å²) in [6.07, 6.45) is 3.35. The van der Waals surface area contributed by atoms with Crippen LogP contribution >= 0.6 is 11.3 Å². The van der Waals surface area contributed by atoms with Crippen LogP contribution in [0.3, 0.4) is 0 Å². The van der Waals surface area contributed by atoms with Gasteiger partial charge in [-0.05, 0) is 31.5 Å². The highest BCUT2D eigenvalue weighted by Crippen LogP contribution is 2.27. The van der Waals surface area contributed by atoms with Gasteiger partial charge in [0.1, 0.15) is 0 Å². The number of rotatable bonds is 4. The largest absolute Gasteiger partial charge is 0.264 e. The lowest BCUT2D eigenvalue weighted by molar-refractivity contribution is 0.466. The molecule has 0 spiro atoms. The van der Waals surface area contributed by atoms with E-state index >= 15 is 0 Å². The van der Waals surface area contributed by atoms with Crippen LogP contribution in [0.4, 0.5) is 0 Å². The number of sulfonamides is 1. The summed E-state index contributed by atoms with van der Waals surface area (Å²) < 4.78 is 26.3. The minimum atomic E-state index is -3.43. The van der Waals surface area contributed by atoms with Gasteiger partial charge in [0.05, 0.1) is 4.90 Å². The Morgan fingerprint density at radius 3 is 2.63 bits per heavy atom. The molecule has 0 aromatic carbocycles. The SMILES string of the molecule is Cc1cc(S(=O)(=O)N(C)Cc2cccnc2)c(C)s1. The Kier molecular flexibility index (Phi) is 4.03. The molecule has 0 radical (unpaired) electrons. The molecule has 102 valence electrons. The molecular formula is C13H16N2O2S2. The number of hydrogen-bond donors (Lipinski definition) is 0. The van der Waals surface area contributed by atoms with Crippen LogP contribution < -0.4 is 0 Å². The lowest BCUT2D eigenvalue weighted by Crippen LogP contribution is -2.26. The summed E-state index contributed by atoms with van der Waals surface area (Å²) in [5.41, 5.74) is 0.873. The zero-order chi connectivity index (χ0) is 14.0. The monoisotopic (exact) mass is 296 g/mol. The third kappa shape index (κ3) is 3.02. The Bertz CT molecular complexity index is 663. The van der Waals surface area contributed by atoms with Gasteiger partial charge in [-0.2, -0.15) is 4.31 Å². The molecule has 2 aromatic rings. The molecule has 0 aliphatic heterocycles. The predicted octanol–water partition coefficient (Wildman–Crippen LogP) is 2.58. The number of nitrogens with zero attached hydrogens (tertiary/aromatic N) is 2. The first-order chi connectivity index (χ1) is 8.91. The summed E-state index contributed by atoms with van der Waals surface area (Å²) >= 11 is 1.50. The van der Waals surface area contributed by atoms with Crippen LogP contribution in [0.2, 0.25) is 0 Å². The van der Waals surface area contributed by atoms with Gasteiger partial charge in [-0.3, -0.25) is 4.98 Å². The maximum Gasteiger partial charge on any atom is 0.244 e. The van der Waals surface area contributed by atoms with Gasteiger partial charge in [0, 0.05) is 35.7 Å². The molecule has 0 atom stereocenters. The minimum Gasteiger partial charge on any atom is -0.264 e. The van der Waals surface area contributed by atoms with Gasteiger partial charge in [0.2, 0.25) is 10.0 Å². The molecule has 0 saturated carbocycles. The normalized spacial score (nSPS) is 12.0. The van der Waals surface area contributed by atoms with E-state index in [0.717, 1.165) is 15.3 Å². The van der Waals surface area contributed by atoms with Crippen molar-refractivity contribution in [3.63, 3.8) is 0 Å². The molecule has 2 aromatic heterocycles. The Labute approximate surface area is 117 Å². The molecule has 0 fully saturated rings. The second-order valence-electron chi connectivity index (χ2n) is 4.40. The van der Waals surface area contributed by atoms with Gasteiger partial charge in [-0.1, -0.05) is 6.07 Å². The van der Waals surface area contributed by atoms with Crippen LogP contribution in [0.25, 0.3) is 0 Å². The molecular weight excluding hydrogens is 280 g/mol. The maximum atomic E-state index is 12.5. The van der Waals surface area contributed by atoms with Crippen molar-refractivity contribution in [2.24, 2.45) is 0 Å². The van der Waals surface area contributed by atoms with Crippen molar-refractivity contribution in [1.29, 1.82) is 0 Å². The molecule has 19 heavy (non-hydrogen) atoms. The molecule has 2 rings (SSSR count). The number of pyridine rings is 1. The van der Waals surface area contributed by atoms with Crippen molar-refractivity contribution in [2.75, 3.05) is 7.05 Å². The van der Waals surface area contributed by atoms with Crippen LogP contribution in [0.1, 0.15) is 15.3 Å². The summed E-state index contributed by atoms with van der Waals surface area (Å²) in [4.78, 5) is 6.23. The molecule has 6 heteroatoms. The van der Waals surface area contributed by atoms with Crippen molar-refractivity contribution >= 4 is 21.4 Å². The number of aryl methyl sites for hydroxylation is 2. The molecule has 0 aliphatic rings. The van der Waals surface area contributed by atoms with Crippen molar-refractivity contribution in [3.8, 4) is 0 Å². The summed E-state index contributed by atoms with van der Waals surface area (Å²) in [5, 5.41) is 0. The van der Waals surface area contributed by atoms with Crippen LogP contribution in [-0.2, 0) is 16.6 Å². The first kappa shape index (κ1) is 14.2. The molecule has 4 nitrogen and oxygen atoms in total. The summed E-state index contributed by atoms with van der Waals surface area (Å²) in [5.74, 6) is 0. The highest BCUT2D eigenvalue weighted by atomic mass is 32.2. The van der Waals surface area contributed by atoms with E-state index in [4.69, 9.17) is 0 Å². The number of aromatic nitrogens is 1. The summed E-state index contributed by atoms with van der Waals surface area (Å²) in [6.45, 7) is 4.07. The fraction of sp³-hybridized carbons (Fsp3) is 0.308. The second-order valence-corrected chi connectivity index (χ2v) is 7.87. The van der Waals surface area contributed by atoms with E-state index in [-0.39, 0.29) is 0 Å². The fourth-order valence-electron chi connectivity index (χ4n) is 1.87. The van der Waals surface area contributed by atoms with Gasteiger partial charge in [-0.15, -0.1) is 11.3 Å². The van der Waals surface area contributed by atoms with E-state index in [1.165, 1.54) is 15.6 Å². The summed E-state index contributed by atoms with van der Waals surface area (Å²) in [7, 11) is -1.84. The maximum absolute atomic E-state index is 12.5. The van der Waals surface area contributed by atoms with Gasteiger partial charge < -0.3 is 0 Å². The van der Waals surface area contributed by atoms with Crippen LogP contribution in [0, 0.1) is 13.8 Å². The van der Waals surface area contributed by atoms with Crippen LogP contribution in [-0.4, -0.2) is 24.8 Å². The van der Waals surface area contributed by atoms with Crippen LogP contribution in [0.15, 0.2) is 35.5 Å². The Balaban J connectivity index is 2.27. The Morgan fingerprint density at radius 1 is 1.37 bits per heavy atom. The Morgan fingerprint density at radius 2 is 2.11 bits per heavy atom. The topological polar surface area (TPSA) is 50.3 Å². The smallest absolute Gasteiger partial charge is 0.244 e. The molecule has 0 aliphatic carbocycles. The average Bonchev–Trinajstić information content (AvgIpc) is 2.70. The first-order valence-electron chi connectivity index (χ1n) is 5.83. The quantitative estimate of drug-likeness (QED) is 0.871. The second kappa shape index (κ2) is 5.40. The van der Waals surface area contributed by atoms with Crippen molar-refractivity contribution < 1.29 is 8.42 Å². The first-order valence-corrected chi connectivity index (χ1v) is 8.09. The molecule has 0 saturated heterocycles. The molecule has 0 N–H and O–H groups in total. The van der Waals surface area contributed by atoms with E-state index in [0.29, 0.717) is 11.4 Å². The fourth-order valence-corrected chi connectivity index (χ4v) is 4.54. The van der Waals surface area contributed by atoms with E-state index in [1.807, 2.05) is 19.9 Å². The standard InChI is InChI=1S/C13H16N2O2S2/c1-10-7-13(11(2)18-10)19(16,17)15(3)9-12-5-4-6-14-8-12/h4-8H,9H2,1-3H3. The number of thiophene rings is 1. The third-order valence-corrected chi connectivity index (χ3v) is 5.84. The zero-order valence-corrected chi connectivity index (χ0v) is 12.8. The van der Waals surface area contributed by atoms with Gasteiger partial charge in [0.25, 0.3) is 0 Å². The molecule has 0 bridgehead atoms. The van der Waals surface area contributed by atoms with E-state index < -0.39 is 10.0 Å². The molecule has 0 amide bonds. The predicted molar refractivity (Wildman–Crippen MR) is 76.7 cm³/mol. The van der Waals surface area contributed by atoms with Crippen LogP contribution in [0.5, 0.6) is 0 Å². The van der Waals surface area contributed by atoms with Crippen molar-refractivity contribution in [3.05, 3.63) is 45.9 Å². The highest BCUT2D eigenvalue weighted by molar-refractivity contribution is 7.89. The minimum absolute atomic E-state index is 0.324. The van der Waals surface area contributed by atoms with Crippen molar-refractivity contribution in [2.45, 2.75) is 25.3 Å². The van der Waals surface area contributed by atoms with E-state index in [9.17, 15) is 8.42 Å². The summed E-state index contributed by atoms with van der Waals surface area (Å²) in [6, 6.07) is 5.40. The third-order valence-electron chi connectivity index (χ3n) is 2.81. The Hall–Kier alpha value is -1.24. The van der Waals surface area contributed by atoms with E-state index in [2.05, 4.69) is 4.98 Å².